The summed E-state index contributed by atoms with van der Waals surface area (Å²) in [5, 5.41) is 2.00. The number of aryl methyl sites for hydroxylation is 1. The highest BCUT2D eigenvalue weighted by molar-refractivity contribution is 7.10. The highest BCUT2D eigenvalue weighted by Gasteiger charge is 2.43. The number of hydrogen-bond acceptors (Lipinski definition) is 3. The van der Waals surface area contributed by atoms with Gasteiger partial charge in [0.05, 0.1) is 0 Å². The first-order valence-corrected chi connectivity index (χ1v) is 9.43. The number of likely N-dealkylation sites (tertiary alicyclic amines) is 1. The SMILES string of the molecule is O=C1c2ccsc2CCC1CC(=O)N1CCCC2(CC1)CC2. The lowest BCUT2D eigenvalue weighted by Crippen LogP contribution is -2.35. The third-order valence-electron chi connectivity index (χ3n) is 5.88. The predicted molar refractivity (Wildman–Crippen MR) is 87.2 cm³/mol. The number of Topliss-reactive ketones (excluding diaryl/α,β-unsaturated/α-hetero) is 1. The molecule has 3 nitrogen and oxygen atoms in total. The van der Waals surface area contributed by atoms with Crippen LogP contribution in [0.15, 0.2) is 11.4 Å². The molecule has 1 amide bonds. The van der Waals surface area contributed by atoms with E-state index >= 15 is 0 Å². The lowest BCUT2D eigenvalue weighted by atomic mass is 9.85. The Labute approximate surface area is 135 Å². The normalized spacial score (nSPS) is 26.6. The summed E-state index contributed by atoms with van der Waals surface area (Å²) in [5.41, 5.74) is 1.46. The lowest BCUT2D eigenvalue weighted by molar-refractivity contribution is -0.132. The molecule has 118 valence electrons. The van der Waals surface area contributed by atoms with Crippen LogP contribution in [-0.2, 0) is 11.2 Å². The van der Waals surface area contributed by atoms with Gasteiger partial charge in [-0.1, -0.05) is 0 Å². The van der Waals surface area contributed by atoms with Crippen molar-refractivity contribution in [1.82, 2.24) is 4.90 Å². The molecule has 0 bridgehead atoms. The molecule has 22 heavy (non-hydrogen) atoms. The van der Waals surface area contributed by atoms with Crippen LogP contribution in [0.5, 0.6) is 0 Å². The molecule has 1 atom stereocenters. The zero-order chi connectivity index (χ0) is 15.2. The van der Waals surface area contributed by atoms with E-state index in [1.807, 2.05) is 16.3 Å². The molecule has 2 aliphatic carbocycles. The van der Waals surface area contributed by atoms with E-state index in [2.05, 4.69) is 0 Å². The second-order valence-electron chi connectivity index (χ2n) is 7.30. The third-order valence-corrected chi connectivity index (χ3v) is 6.86. The summed E-state index contributed by atoms with van der Waals surface area (Å²) in [6.07, 6.45) is 8.54. The third kappa shape index (κ3) is 2.62. The van der Waals surface area contributed by atoms with Gasteiger partial charge in [0.25, 0.3) is 0 Å². The molecule has 0 N–H and O–H groups in total. The van der Waals surface area contributed by atoms with Crippen LogP contribution in [0.2, 0.25) is 0 Å². The van der Waals surface area contributed by atoms with Crippen molar-refractivity contribution in [3.8, 4) is 0 Å². The summed E-state index contributed by atoms with van der Waals surface area (Å²) in [6, 6.07) is 1.93. The van der Waals surface area contributed by atoms with Gasteiger partial charge in [-0.25, -0.2) is 0 Å². The molecule has 4 heteroatoms. The van der Waals surface area contributed by atoms with E-state index in [9.17, 15) is 9.59 Å². The first-order valence-electron chi connectivity index (χ1n) is 8.55. The average Bonchev–Trinajstić information content (AvgIpc) is 3.18. The molecule has 1 aromatic rings. The Hall–Kier alpha value is -1.16. The van der Waals surface area contributed by atoms with Crippen molar-refractivity contribution in [3.05, 3.63) is 21.9 Å². The first-order chi connectivity index (χ1) is 10.7. The van der Waals surface area contributed by atoms with Gasteiger partial charge >= 0.3 is 0 Å². The van der Waals surface area contributed by atoms with Crippen molar-refractivity contribution >= 4 is 23.0 Å². The highest BCUT2D eigenvalue weighted by Crippen LogP contribution is 2.53. The smallest absolute Gasteiger partial charge is 0.223 e. The van der Waals surface area contributed by atoms with Gasteiger partial charge in [-0.05, 0) is 61.8 Å². The summed E-state index contributed by atoms with van der Waals surface area (Å²) in [5.74, 6) is 0.312. The molecule has 4 rings (SSSR count). The van der Waals surface area contributed by atoms with Crippen LogP contribution in [0.4, 0.5) is 0 Å². The lowest BCUT2D eigenvalue weighted by Gasteiger charge is -2.25. The van der Waals surface area contributed by atoms with Crippen molar-refractivity contribution in [2.45, 2.75) is 51.4 Å². The fourth-order valence-electron chi connectivity index (χ4n) is 4.12. The van der Waals surface area contributed by atoms with Gasteiger partial charge in [0.15, 0.2) is 5.78 Å². The number of thiophene rings is 1. The summed E-state index contributed by atoms with van der Waals surface area (Å²) in [4.78, 5) is 28.4. The van der Waals surface area contributed by atoms with Crippen LogP contribution in [0.3, 0.4) is 0 Å². The van der Waals surface area contributed by atoms with Crippen LogP contribution in [0.25, 0.3) is 0 Å². The minimum absolute atomic E-state index is 0.0901. The molecule has 2 heterocycles. The summed E-state index contributed by atoms with van der Waals surface area (Å²) in [6.45, 7) is 1.80. The van der Waals surface area contributed by atoms with Crippen molar-refractivity contribution < 1.29 is 9.59 Å². The summed E-state index contributed by atoms with van der Waals surface area (Å²) in [7, 11) is 0. The molecule has 1 aliphatic heterocycles. The number of hydrogen-bond donors (Lipinski definition) is 0. The van der Waals surface area contributed by atoms with Gasteiger partial charge in [-0.2, -0.15) is 0 Å². The Morgan fingerprint density at radius 3 is 2.95 bits per heavy atom. The van der Waals surface area contributed by atoms with E-state index < -0.39 is 0 Å². The van der Waals surface area contributed by atoms with E-state index in [1.165, 1.54) is 30.6 Å². The van der Waals surface area contributed by atoms with Crippen LogP contribution < -0.4 is 0 Å². The predicted octanol–water partition coefficient (Wildman–Crippen LogP) is 3.68. The van der Waals surface area contributed by atoms with E-state index in [0.717, 1.165) is 37.9 Å². The van der Waals surface area contributed by atoms with Crippen molar-refractivity contribution in [2.24, 2.45) is 11.3 Å². The molecule has 1 saturated heterocycles. The van der Waals surface area contributed by atoms with Crippen LogP contribution in [0, 0.1) is 11.3 Å². The van der Waals surface area contributed by atoms with Gasteiger partial charge in [0.1, 0.15) is 0 Å². The second-order valence-corrected chi connectivity index (χ2v) is 8.30. The van der Waals surface area contributed by atoms with E-state index in [1.54, 1.807) is 11.3 Å². The van der Waals surface area contributed by atoms with Gasteiger partial charge in [0, 0.05) is 35.9 Å². The first kappa shape index (κ1) is 14.4. The van der Waals surface area contributed by atoms with Gasteiger partial charge in [0.2, 0.25) is 5.91 Å². The molecular weight excluding hydrogens is 294 g/mol. The number of fused-ring (bicyclic) bond motifs is 1. The second kappa shape index (κ2) is 5.48. The maximum Gasteiger partial charge on any atom is 0.223 e. The molecule has 1 spiro atoms. The maximum absolute atomic E-state index is 12.6. The average molecular weight is 317 g/mol. The molecule has 1 unspecified atom stereocenters. The number of rotatable bonds is 2. The maximum atomic E-state index is 12.6. The zero-order valence-corrected chi connectivity index (χ0v) is 13.8. The molecule has 2 fully saturated rings. The van der Waals surface area contributed by atoms with Gasteiger partial charge < -0.3 is 4.90 Å². The Kier molecular flexibility index (Phi) is 3.60. The molecule has 0 aromatic carbocycles. The van der Waals surface area contributed by atoms with Crippen LogP contribution in [0.1, 0.15) is 60.2 Å². The largest absolute Gasteiger partial charge is 0.343 e. The molecule has 3 aliphatic rings. The van der Waals surface area contributed by atoms with Gasteiger partial charge in [-0.3, -0.25) is 9.59 Å². The topological polar surface area (TPSA) is 37.4 Å². The Morgan fingerprint density at radius 1 is 1.27 bits per heavy atom. The monoisotopic (exact) mass is 317 g/mol. The summed E-state index contributed by atoms with van der Waals surface area (Å²) >= 11 is 1.67. The highest BCUT2D eigenvalue weighted by atomic mass is 32.1. The van der Waals surface area contributed by atoms with Crippen molar-refractivity contribution in [3.63, 3.8) is 0 Å². The quantitative estimate of drug-likeness (QED) is 0.834. The van der Waals surface area contributed by atoms with Crippen molar-refractivity contribution in [1.29, 1.82) is 0 Å². The van der Waals surface area contributed by atoms with Crippen molar-refractivity contribution in [2.75, 3.05) is 13.1 Å². The van der Waals surface area contributed by atoms with Crippen LogP contribution >= 0.6 is 11.3 Å². The number of nitrogens with zero attached hydrogens (tertiary/aromatic N) is 1. The Bertz CT molecular complexity index is 602. The van der Waals surface area contributed by atoms with E-state index in [4.69, 9.17) is 0 Å². The molecule has 1 saturated carbocycles. The zero-order valence-electron chi connectivity index (χ0n) is 13.0. The standard InChI is InChI=1S/C18H23NO2S/c20-16(19-9-1-5-18(6-7-18)8-10-19)12-13-2-3-15-14(17(13)21)4-11-22-15/h4,11,13H,1-3,5-10,12H2. The Balaban J connectivity index is 1.39. The fraction of sp³-hybridized carbons (Fsp3) is 0.667. The number of carbonyl (C=O) groups excluding carboxylic acids is 2. The Morgan fingerprint density at radius 2 is 2.14 bits per heavy atom. The van der Waals surface area contributed by atoms with E-state index in [-0.39, 0.29) is 17.6 Å². The number of carbonyl (C=O) groups is 2. The molecule has 0 radical (unpaired) electrons. The number of ketones is 1. The minimum Gasteiger partial charge on any atom is -0.343 e. The van der Waals surface area contributed by atoms with E-state index in [0.29, 0.717) is 11.8 Å². The minimum atomic E-state index is -0.0901. The van der Waals surface area contributed by atoms with Crippen LogP contribution in [-0.4, -0.2) is 29.7 Å². The molecular formula is C18H23NO2S. The number of amides is 1. The summed E-state index contributed by atoms with van der Waals surface area (Å²) < 4.78 is 0. The van der Waals surface area contributed by atoms with Gasteiger partial charge in [-0.15, -0.1) is 11.3 Å². The fourth-order valence-corrected chi connectivity index (χ4v) is 5.02. The molecule has 1 aromatic heterocycles.